The lowest BCUT2D eigenvalue weighted by Crippen LogP contribution is -2.47. The van der Waals surface area contributed by atoms with Gasteiger partial charge in [0, 0.05) is 5.56 Å². The Morgan fingerprint density at radius 3 is 2.69 bits per heavy atom. The molecule has 0 bridgehead atoms. The maximum absolute atomic E-state index is 12.1. The highest BCUT2D eigenvalue weighted by molar-refractivity contribution is 5.96. The van der Waals surface area contributed by atoms with Crippen molar-refractivity contribution in [3.8, 4) is 5.75 Å². The van der Waals surface area contributed by atoms with E-state index in [1.165, 1.54) is 7.11 Å². The first-order valence-corrected chi connectivity index (χ1v) is 8.43. The first-order valence-electron chi connectivity index (χ1n) is 8.43. The van der Waals surface area contributed by atoms with E-state index in [1.807, 2.05) is 38.1 Å². The van der Waals surface area contributed by atoms with Gasteiger partial charge in [-0.15, -0.1) is 0 Å². The van der Waals surface area contributed by atoms with E-state index in [0.29, 0.717) is 17.7 Å². The number of nitrogens with one attached hydrogen (secondary N) is 1. The van der Waals surface area contributed by atoms with E-state index < -0.39 is 30.5 Å². The number of para-hydroxylation sites is 1. The van der Waals surface area contributed by atoms with Crippen molar-refractivity contribution in [2.24, 2.45) is 5.92 Å². The van der Waals surface area contributed by atoms with Gasteiger partial charge in [0.25, 0.3) is 5.91 Å². The molecule has 1 aromatic carbocycles. The number of esters is 2. The summed E-state index contributed by atoms with van der Waals surface area (Å²) in [6.45, 7) is 3.33. The Labute approximate surface area is 152 Å². The molecule has 0 aromatic heterocycles. The van der Waals surface area contributed by atoms with E-state index in [0.717, 1.165) is 5.56 Å². The van der Waals surface area contributed by atoms with Crippen LogP contribution in [-0.2, 0) is 23.9 Å². The van der Waals surface area contributed by atoms with Gasteiger partial charge in [-0.2, -0.15) is 0 Å². The molecule has 2 unspecified atom stereocenters. The van der Waals surface area contributed by atoms with Crippen LogP contribution in [-0.4, -0.2) is 44.2 Å². The summed E-state index contributed by atoms with van der Waals surface area (Å²) in [5.74, 6) is -1.14. The number of hydrogen-bond acceptors (Lipinski definition) is 6. The summed E-state index contributed by atoms with van der Waals surface area (Å²) in [6.07, 6.45) is 2.36. The van der Waals surface area contributed by atoms with Crippen molar-refractivity contribution in [2.45, 2.75) is 26.3 Å². The molecule has 2 rings (SSSR count). The summed E-state index contributed by atoms with van der Waals surface area (Å²) in [5, 5.41) is 2.55. The third-order valence-corrected chi connectivity index (χ3v) is 4.21. The van der Waals surface area contributed by atoms with Crippen LogP contribution in [0.3, 0.4) is 0 Å². The Balaban J connectivity index is 1.92. The van der Waals surface area contributed by atoms with Gasteiger partial charge in [0.05, 0.1) is 12.7 Å². The van der Waals surface area contributed by atoms with E-state index in [4.69, 9.17) is 14.2 Å². The van der Waals surface area contributed by atoms with Gasteiger partial charge in [0.15, 0.2) is 6.61 Å². The minimum atomic E-state index is -0.777. The van der Waals surface area contributed by atoms with Gasteiger partial charge in [-0.3, -0.25) is 4.79 Å². The number of hydrogen-bond donors (Lipinski definition) is 1. The Morgan fingerprint density at radius 2 is 2.00 bits per heavy atom. The molecule has 1 heterocycles. The van der Waals surface area contributed by atoms with Crippen molar-refractivity contribution < 1.29 is 28.6 Å². The molecule has 7 heteroatoms. The highest BCUT2D eigenvalue weighted by Gasteiger charge is 2.27. The Bertz CT molecular complexity index is 712. The molecular weight excluding hydrogens is 338 g/mol. The predicted molar refractivity (Wildman–Crippen MR) is 94.3 cm³/mol. The zero-order chi connectivity index (χ0) is 19.1. The quantitative estimate of drug-likeness (QED) is 0.744. The van der Waals surface area contributed by atoms with Crippen LogP contribution in [0.25, 0.3) is 6.08 Å². The molecule has 0 saturated heterocycles. The highest BCUT2D eigenvalue weighted by atomic mass is 16.5. The van der Waals surface area contributed by atoms with Gasteiger partial charge in [0.2, 0.25) is 0 Å². The van der Waals surface area contributed by atoms with Crippen LogP contribution in [0.1, 0.15) is 25.8 Å². The fourth-order valence-electron chi connectivity index (χ4n) is 2.47. The molecule has 2 atom stereocenters. The lowest BCUT2D eigenvalue weighted by molar-refractivity contribution is -0.149. The van der Waals surface area contributed by atoms with Gasteiger partial charge in [-0.05, 0) is 18.1 Å². The average Bonchev–Trinajstić information content (AvgIpc) is 2.68. The second-order valence-electron chi connectivity index (χ2n) is 6.03. The number of ether oxygens (including phenoxy) is 3. The molecule has 1 aliphatic rings. The number of rotatable bonds is 7. The Morgan fingerprint density at radius 1 is 1.27 bits per heavy atom. The molecule has 0 spiro atoms. The number of amides is 1. The largest absolute Gasteiger partial charge is 0.488 e. The van der Waals surface area contributed by atoms with Crippen molar-refractivity contribution in [2.75, 3.05) is 20.3 Å². The van der Waals surface area contributed by atoms with Crippen LogP contribution in [0.15, 0.2) is 29.8 Å². The Hall–Kier alpha value is -2.83. The summed E-state index contributed by atoms with van der Waals surface area (Å²) in [7, 11) is 1.26. The normalized spacial score (nSPS) is 14.8. The van der Waals surface area contributed by atoms with Gasteiger partial charge in [-0.1, -0.05) is 38.5 Å². The number of methoxy groups -OCH3 is 1. The zero-order valence-electron chi connectivity index (χ0n) is 15.1. The van der Waals surface area contributed by atoms with E-state index in [9.17, 15) is 14.4 Å². The molecule has 0 aliphatic carbocycles. The second kappa shape index (κ2) is 9.03. The van der Waals surface area contributed by atoms with Crippen molar-refractivity contribution in [1.29, 1.82) is 0 Å². The predicted octanol–water partition coefficient (Wildman–Crippen LogP) is 1.71. The maximum Gasteiger partial charge on any atom is 0.338 e. The first kappa shape index (κ1) is 19.5. The van der Waals surface area contributed by atoms with Gasteiger partial charge in [-0.25, -0.2) is 9.59 Å². The minimum absolute atomic E-state index is 0.0785. The maximum atomic E-state index is 12.1. The molecule has 0 saturated carbocycles. The standard InChI is InChI=1S/C19H23NO6/c1-4-12(2)17(19(23)24-3)20-16(21)11-26-18(22)14-9-13-7-5-6-8-15(13)25-10-14/h5-9,12,17H,4,10-11H2,1-3H3,(H,20,21). The van der Waals surface area contributed by atoms with Gasteiger partial charge in [0.1, 0.15) is 18.4 Å². The van der Waals surface area contributed by atoms with E-state index in [-0.39, 0.29) is 12.5 Å². The molecule has 7 nitrogen and oxygen atoms in total. The molecule has 0 fully saturated rings. The molecule has 140 valence electrons. The molecule has 26 heavy (non-hydrogen) atoms. The van der Waals surface area contributed by atoms with Crippen LogP contribution in [0.5, 0.6) is 5.75 Å². The summed E-state index contributed by atoms with van der Waals surface area (Å²) in [5.41, 5.74) is 1.10. The zero-order valence-corrected chi connectivity index (χ0v) is 15.1. The van der Waals surface area contributed by atoms with Crippen LogP contribution in [0.4, 0.5) is 0 Å². The monoisotopic (exact) mass is 361 g/mol. The molecule has 1 amide bonds. The lowest BCUT2D eigenvalue weighted by Gasteiger charge is -2.22. The van der Waals surface area contributed by atoms with Crippen LogP contribution in [0, 0.1) is 5.92 Å². The topological polar surface area (TPSA) is 90.9 Å². The summed E-state index contributed by atoms with van der Waals surface area (Å²) < 4.78 is 15.2. The second-order valence-corrected chi connectivity index (χ2v) is 6.03. The highest BCUT2D eigenvalue weighted by Crippen LogP contribution is 2.26. The third-order valence-electron chi connectivity index (χ3n) is 4.21. The Kier molecular flexibility index (Phi) is 6.77. The first-order chi connectivity index (χ1) is 12.5. The fraction of sp³-hybridized carbons (Fsp3) is 0.421. The summed E-state index contributed by atoms with van der Waals surface area (Å²) in [4.78, 5) is 35.9. The summed E-state index contributed by atoms with van der Waals surface area (Å²) in [6, 6.07) is 6.53. The molecule has 0 radical (unpaired) electrons. The van der Waals surface area contributed by atoms with Crippen molar-refractivity contribution in [3.05, 3.63) is 35.4 Å². The van der Waals surface area contributed by atoms with E-state index >= 15 is 0 Å². The molecule has 1 N–H and O–H groups in total. The summed E-state index contributed by atoms with van der Waals surface area (Å²) >= 11 is 0. The van der Waals surface area contributed by atoms with E-state index in [2.05, 4.69) is 5.32 Å². The van der Waals surface area contributed by atoms with Gasteiger partial charge < -0.3 is 19.5 Å². The lowest BCUT2D eigenvalue weighted by atomic mass is 9.99. The van der Waals surface area contributed by atoms with Crippen LogP contribution < -0.4 is 10.1 Å². The molecule has 1 aromatic rings. The number of carbonyl (C=O) groups excluding carboxylic acids is 3. The van der Waals surface area contributed by atoms with Crippen molar-refractivity contribution in [1.82, 2.24) is 5.32 Å². The third kappa shape index (κ3) is 4.84. The number of fused-ring (bicyclic) bond motifs is 1. The SMILES string of the molecule is CCC(C)C(NC(=O)COC(=O)C1=Cc2ccccc2OC1)C(=O)OC. The molecule has 1 aliphatic heterocycles. The van der Waals surface area contributed by atoms with Crippen molar-refractivity contribution in [3.63, 3.8) is 0 Å². The smallest absolute Gasteiger partial charge is 0.338 e. The number of carbonyl (C=O) groups is 3. The van der Waals surface area contributed by atoms with Crippen molar-refractivity contribution >= 4 is 23.9 Å². The van der Waals surface area contributed by atoms with Crippen LogP contribution in [0.2, 0.25) is 0 Å². The minimum Gasteiger partial charge on any atom is -0.488 e. The fourth-order valence-corrected chi connectivity index (χ4v) is 2.47. The van der Waals surface area contributed by atoms with Crippen LogP contribution >= 0.6 is 0 Å². The average molecular weight is 361 g/mol. The number of benzene rings is 1. The van der Waals surface area contributed by atoms with E-state index in [1.54, 1.807) is 6.08 Å². The van der Waals surface area contributed by atoms with Gasteiger partial charge >= 0.3 is 11.9 Å². The molecular formula is C19H23NO6.